The SMILES string of the molecule is COc1ccccc1COc1ccc(C(O)C(C)N)cc1. The number of rotatable bonds is 6. The smallest absolute Gasteiger partial charge is 0.125 e. The molecule has 0 amide bonds. The second kappa shape index (κ2) is 7.11. The summed E-state index contributed by atoms with van der Waals surface area (Å²) in [5, 5.41) is 9.88. The highest BCUT2D eigenvalue weighted by molar-refractivity contribution is 5.34. The molecule has 3 N–H and O–H groups in total. The zero-order chi connectivity index (χ0) is 15.2. The first-order valence-corrected chi connectivity index (χ1v) is 6.90. The average Bonchev–Trinajstić information content (AvgIpc) is 2.52. The Labute approximate surface area is 125 Å². The van der Waals surface area contributed by atoms with Gasteiger partial charge in [-0.1, -0.05) is 30.3 Å². The predicted molar refractivity (Wildman–Crippen MR) is 82.4 cm³/mol. The van der Waals surface area contributed by atoms with E-state index in [1.165, 1.54) is 0 Å². The summed E-state index contributed by atoms with van der Waals surface area (Å²) in [6.07, 6.45) is -0.659. The second-order valence-corrected chi connectivity index (χ2v) is 4.97. The summed E-state index contributed by atoms with van der Waals surface area (Å²) >= 11 is 0. The van der Waals surface area contributed by atoms with Crippen LogP contribution >= 0.6 is 0 Å². The second-order valence-electron chi connectivity index (χ2n) is 4.97. The van der Waals surface area contributed by atoms with Crippen molar-refractivity contribution in [3.8, 4) is 11.5 Å². The Morgan fingerprint density at radius 1 is 1.10 bits per heavy atom. The third-order valence-corrected chi connectivity index (χ3v) is 3.31. The Morgan fingerprint density at radius 3 is 2.38 bits per heavy atom. The summed E-state index contributed by atoms with van der Waals surface area (Å²) in [6, 6.07) is 14.7. The van der Waals surface area contributed by atoms with Crippen LogP contribution in [-0.2, 0) is 6.61 Å². The molecule has 0 aromatic heterocycles. The molecule has 2 unspecified atom stereocenters. The number of hydrogen-bond acceptors (Lipinski definition) is 4. The summed E-state index contributed by atoms with van der Waals surface area (Å²) in [5.41, 5.74) is 7.45. The van der Waals surface area contributed by atoms with E-state index in [1.807, 2.05) is 48.5 Å². The molecule has 0 spiro atoms. The van der Waals surface area contributed by atoms with Crippen LogP contribution in [0.3, 0.4) is 0 Å². The van der Waals surface area contributed by atoms with E-state index in [4.69, 9.17) is 15.2 Å². The lowest BCUT2D eigenvalue weighted by Gasteiger charge is -2.15. The molecule has 0 aliphatic rings. The molecule has 0 heterocycles. The van der Waals surface area contributed by atoms with E-state index in [2.05, 4.69) is 0 Å². The van der Waals surface area contributed by atoms with Gasteiger partial charge in [-0.25, -0.2) is 0 Å². The molecule has 4 nitrogen and oxygen atoms in total. The van der Waals surface area contributed by atoms with Crippen LogP contribution in [0, 0.1) is 0 Å². The lowest BCUT2D eigenvalue weighted by molar-refractivity contribution is 0.153. The number of ether oxygens (including phenoxy) is 2. The summed E-state index contributed by atoms with van der Waals surface area (Å²) in [6.45, 7) is 2.20. The highest BCUT2D eigenvalue weighted by Crippen LogP contribution is 2.22. The summed E-state index contributed by atoms with van der Waals surface area (Å²) in [7, 11) is 1.64. The van der Waals surface area contributed by atoms with Gasteiger partial charge in [-0.2, -0.15) is 0 Å². The van der Waals surface area contributed by atoms with Crippen molar-refractivity contribution in [1.82, 2.24) is 0 Å². The van der Waals surface area contributed by atoms with E-state index in [9.17, 15) is 5.11 Å². The first-order chi connectivity index (χ1) is 10.1. The van der Waals surface area contributed by atoms with E-state index >= 15 is 0 Å². The van der Waals surface area contributed by atoms with Gasteiger partial charge in [0.1, 0.15) is 18.1 Å². The number of aliphatic hydroxyl groups is 1. The van der Waals surface area contributed by atoms with Crippen molar-refractivity contribution in [3.63, 3.8) is 0 Å². The zero-order valence-corrected chi connectivity index (χ0v) is 12.3. The van der Waals surface area contributed by atoms with Crippen molar-refractivity contribution < 1.29 is 14.6 Å². The van der Waals surface area contributed by atoms with Gasteiger partial charge in [0.2, 0.25) is 0 Å². The molecular weight excluding hydrogens is 266 g/mol. The summed E-state index contributed by atoms with van der Waals surface area (Å²) < 4.78 is 11.0. The molecule has 2 atom stereocenters. The van der Waals surface area contributed by atoms with Crippen LogP contribution in [0.15, 0.2) is 48.5 Å². The van der Waals surface area contributed by atoms with Gasteiger partial charge in [0.15, 0.2) is 0 Å². The summed E-state index contributed by atoms with van der Waals surface area (Å²) in [4.78, 5) is 0. The van der Waals surface area contributed by atoms with Gasteiger partial charge in [0, 0.05) is 11.6 Å². The molecule has 0 aliphatic heterocycles. The average molecular weight is 287 g/mol. The number of para-hydroxylation sites is 1. The normalized spacial score (nSPS) is 13.5. The van der Waals surface area contributed by atoms with E-state index in [-0.39, 0.29) is 6.04 Å². The van der Waals surface area contributed by atoms with E-state index < -0.39 is 6.10 Å². The Kier molecular flexibility index (Phi) is 5.20. The van der Waals surface area contributed by atoms with E-state index in [0.29, 0.717) is 6.61 Å². The third-order valence-electron chi connectivity index (χ3n) is 3.31. The van der Waals surface area contributed by atoms with Crippen molar-refractivity contribution in [1.29, 1.82) is 0 Å². The first kappa shape index (κ1) is 15.4. The van der Waals surface area contributed by atoms with Crippen molar-refractivity contribution >= 4 is 0 Å². The highest BCUT2D eigenvalue weighted by Gasteiger charge is 2.12. The maximum Gasteiger partial charge on any atom is 0.125 e. The molecule has 4 heteroatoms. The number of hydrogen-bond donors (Lipinski definition) is 2. The largest absolute Gasteiger partial charge is 0.496 e. The van der Waals surface area contributed by atoms with Crippen LogP contribution in [0.25, 0.3) is 0 Å². The third kappa shape index (κ3) is 3.97. The molecule has 0 fully saturated rings. The number of nitrogens with two attached hydrogens (primary N) is 1. The van der Waals surface area contributed by atoms with Gasteiger partial charge in [0.05, 0.1) is 13.2 Å². The number of benzene rings is 2. The topological polar surface area (TPSA) is 64.7 Å². The van der Waals surface area contributed by atoms with Crippen LogP contribution in [0.5, 0.6) is 11.5 Å². The van der Waals surface area contributed by atoms with Gasteiger partial charge in [0.25, 0.3) is 0 Å². The monoisotopic (exact) mass is 287 g/mol. The molecule has 2 aromatic rings. The molecule has 0 saturated carbocycles. The van der Waals surface area contributed by atoms with Gasteiger partial charge in [-0.3, -0.25) is 0 Å². The Balaban J connectivity index is 2.01. The molecular formula is C17H21NO3. The van der Waals surface area contributed by atoms with Crippen molar-refractivity contribution in [2.75, 3.05) is 7.11 Å². The zero-order valence-electron chi connectivity index (χ0n) is 12.3. The minimum atomic E-state index is -0.659. The molecule has 2 aromatic carbocycles. The number of methoxy groups -OCH3 is 1. The predicted octanol–water partition coefficient (Wildman–Crippen LogP) is 2.65. The van der Waals surface area contributed by atoms with Crippen LogP contribution in [0.1, 0.15) is 24.2 Å². The van der Waals surface area contributed by atoms with Gasteiger partial charge in [-0.05, 0) is 30.7 Å². The maximum atomic E-state index is 9.88. The highest BCUT2D eigenvalue weighted by atomic mass is 16.5. The van der Waals surface area contributed by atoms with Gasteiger partial charge >= 0.3 is 0 Å². The molecule has 2 rings (SSSR count). The van der Waals surface area contributed by atoms with E-state index in [0.717, 1.165) is 22.6 Å². The van der Waals surface area contributed by atoms with Crippen LogP contribution < -0.4 is 15.2 Å². The fourth-order valence-corrected chi connectivity index (χ4v) is 2.05. The summed E-state index contributed by atoms with van der Waals surface area (Å²) in [5.74, 6) is 1.54. The van der Waals surface area contributed by atoms with Crippen LogP contribution in [-0.4, -0.2) is 18.3 Å². The Morgan fingerprint density at radius 2 is 1.76 bits per heavy atom. The minimum absolute atomic E-state index is 0.301. The Hall–Kier alpha value is -2.04. The fraction of sp³-hybridized carbons (Fsp3) is 0.294. The van der Waals surface area contributed by atoms with Crippen molar-refractivity contribution in [3.05, 3.63) is 59.7 Å². The van der Waals surface area contributed by atoms with Crippen LogP contribution in [0.2, 0.25) is 0 Å². The van der Waals surface area contributed by atoms with E-state index in [1.54, 1.807) is 14.0 Å². The molecule has 0 radical (unpaired) electrons. The number of aliphatic hydroxyl groups excluding tert-OH is 1. The minimum Gasteiger partial charge on any atom is -0.496 e. The van der Waals surface area contributed by atoms with Crippen LogP contribution in [0.4, 0.5) is 0 Å². The van der Waals surface area contributed by atoms with Crippen molar-refractivity contribution in [2.45, 2.75) is 25.7 Å². The van der Waals surface area contributed by atoms with Crippen molar-refractivity contribution in [2.24, 2.45) is 5.73 Å². The molecule has 0 aliphatic carbocycles. The maximum absolute atomic E-state index is 9.88. The van der Waals surface area contributed by atoms with Gasteiger partial charge < -0.3 is 20.3 Å². The van der Waals surface area contributed by atoms with Gasteiger partial charge in [-0.15, -0.1) is 0 Å². The quantitative estimate of drug-likeness (QED) is 0.857. The standard InChI is InChI=1S/C17H21NO3/c1-12(18)17(19)13-7-9-15(10-8-13)21-11-14-5-3-4-6-16(14)20-2/h3-10,12,17,19H,11,18H2,1-2H3. The molecule has 0 saturated heterocycles. The molecule has 112 valence electrons. The fourth-order valence-electron chi connectivity index (χ4n) is 2.05. The molecule has 0 bridgehead atoms. The lowest BCUT2D eigenvalue weighted by Crippen LogP contribution is -2.24. The first-order valence-electron chi connectivity index (χ1n) is 6.90. The molecule has 21 heavy (non-hydrogen) atoms. The lowest BCUT2D eigenvalue weighted by atomic mass is 10.0. The Bertz CT molecular complexity index is 567.